The predicted molar refractivity (Wildman–Crippen MR) is 72.0 cm³/mol. The normalized spacial score (nSPS) is 10.1. The van der Waals surface area contributed by atoms with Crippen LogP contribution in [0.3, 0.4) is 0 Å². The number of hydrogen-bond donors (Lipinski definition) is 1. The van der Waals surface area contributed by atoms with Crippen molar-refractivity contribution in [3.63, 3.8) is 0 Å². The second-order valence-corrected chi connectivity index (χ2v) is 5.02. The number of rotatable bonds is 4. The van der Waals surface area contributed by atoms with Crippen LogP contribution in [-0.2, 0) is 6.42 Å². The quantitative estimate of drug-likeness (QED) is 0.855. The molecule has 0 saturated carbocycles. The lowest BCUT2D eigenvalue weighted by Crippen LogP contribution is -2.02. The van der Waals surface area contributed by atoms with Crippen LogP contribution >= 0.6 is 23.1 Å². The van der Waals surface area contributed by atoms with Gasteiger partial charge in [-0.2, -0.15) is 5.26 Å². The summed E-state index contributed by atoms with van der Waals surface area (Å²) in [5.41, 5.74) is 1.84. The summed E-state index contributed by atoms with van der Waals surface area (Å²) in [7, 11) is 0. The van der Waals surface area contributed by atoms with Gasteiger partial charge in [-0.1, -0.05) is 12.1 Å². The van der Waals surface area contributed by atoms with Gasteiger partial charge in [0.2, 0.25) is 0 Å². The van der Waals surface area contributed by atoms with Crippen LogP contribution in [0, 0.1) is 11.3 Å². The Balaban J connectivity index is 2.16. The molecule has 4 heteroatoms. The van der Waals surface area contributed by atoms with Crippen LogP contribution in [0.15, 0.2) is 36.4 Å². The lowest BCUT2D eigenvalue weighted by Gasteiger charge is -1.97. The molecule has 0 unspecified atom stereocenters. The van der Waals surface area contributed by atoms with Crippen LogP contribution in [0.4, 0.5) is 0 Å². The number of nitriles is 1. The van der Waals surface area contributed by atoms with Crippen molar-refractivity contribution < 1.29 is 0 Å². The maximum atomic E-state index is 8.73. The van der Waals surface area contributed by atoms with E-state index < -0.39 is 0 Å². The number of thiophene rings is 1. The molecular weight excluding hydrogens is 252 g/mol. The van der Waals surface area contributed by atoms with Gasteiger partial charge in [0.15, 0.2) is 0 Å². The summed E-state index contributed by atoms with van der Waals surface area (Å²) in [6.07, 6.45) is 0.935. The van der Waals surface area contributed by atoms with Crippen molar-refractivity contribution in [1.29, 1.82) is 5.26 Å². The summed E-state index contributed by atoms with van der Waals surface area (Å²) in [5.74, 6) is 0. The molecule has 0 aliphatic heterocycles. The Morgan fingerprint density at radius 1 is 1.18 bits per heavy atom. The van der Waals surface area contributed by atoms with Crippen molar-refractivity contribution in [3.8, 4) is 16.5 Å². The van der Waals surface area contributed by atoms with Crippen LogP contribution in [0.25, 0.3) is 10.4 Å². The molecule has 0 aliphatic carbocycles. The van der Waals surface area contributed by atoms with Gasteiger partial charge in [-0.3, -0.25) is 0 Å². The van der Waals surface area contributed by atoms with Crippen molar-refractivity contribution >= 4 is 23.1 Å². The van der Waals surface area contributed by atoms with Gasteiger partial charge < -0.3 is 0 Å². The summed E-state index contributed by atoms with van der Waals surface area (Å²) >= 11 is 7.19. The number of nitrogens with zero attached hydrogens (tertiary/aromatic N) is 1. The fourth-order valence-corrected chi connectivity index (χ4v) is 2.65. The first-order valence-corrected chi connectivity index (χ1v) is 6.45. The minimum absolute atomic E-state index is 0.692. The van der Waals surface area contributed by atoms with Crippen LogP contribution in [0.1, 0.15) is 10.4 Å². The van der Waals surface area contributed by atoms with E-state index in [9.17, 15) is 0 Å². The smallest absolute Gasteiger partial charge is 0.0991 e. The van der Waals surface area contributed by atoms with Gasteiger partial charge in [0.1, 0.15) is 0 Å². The molecule has 2 nitrogen and oxygen atoms in total. The van der Waals surface area contributed by atoms with Crippen LogP contribution in [0.5, 0.6) is 0 Å². The molecule has 2 aromatic rings. The number of hydrogen-bond acceptors (Lipinski definition) is 3. The summed E-state index contributed by atoms with van der Waals surface area (Å²) in [5, 5.41) is 8.73. The minimum Gasteiger partial charge on any atom is -0.233 e. The highest BCUT2D eigenvalue weighted by atomic mass is 35.5. The largest absolute Gasteiger partial charge is 0.233 e. The van der Waals surface area contributed by atoms with Gasteiger partial charge in [-0.15, -0.1) is 11.3 Å². The van der Waals surface area contributed by atoms with Crippen molar-refractivity contribution in [2.75, 3.05) is 6.54 Å². The van der Waals surface area contributed by atoms with Gasteiger partial charge in [-0.25, -0.2) is 4.84 Å². The fraction of sp³-hybridized carbons (Fsp3) is 0.154. The third-order valence-corrected chi connectivity index (χ3v) is 3.81. The van der Waals surface area contributed by atoms with Gasteiger partial charge in [0.05, 0.1) is 11.6 Å². The van der Waals surface area contributed by atoms with Crippen molar-refractivity contribution in [2.24, 2.45) is 0 Å². The average molecular weight is 263 g/mol. The second-order valence-electron chi connectivity index (χ2n) is 3.59. The highest BCUT2D eigenvalue weighted by Crippen LogP contribution is 2.28. The molecule has 0 spiro atoms. The molecule has 1 aromatic heterocycles. The summed E-state index contributed by atoms with van der Waals surface area (Å²) < 4.78 is 0. The molecule has 0 saturated heterocycles. The minimum atomic E-state index is 0.692. The molecule has 0 fully saturated rings. The van der Waals surface area contributed by atoms with Crippen molar-refractivity contribution in [1.82, 2.24) is 4.84 Å². The van der Waals surface area contributed by atoms with E-state index in [1.165, 1.54) is 9.75 Å². The highest BCUT2D eigenvalue weighted by Gasteiger charge is 2.02. The standard InChI is InChI=1S/C13H11ClN2S/c14-16-8-7-12-5-6-13(17-12)11-3-1-10(9-15)2-4-11/h1-6,16H,7-8H2. The Morgan fingerprint density at radius 3 is 2.59 bits per heavy atom. The maximum Gasteiger partial charge on any atom is 0.0991 e. The van der Waals surface area contributed by atoms with E-state index in [-0.39, 0.29) is 0 Å². The molecule has 1 N–H and O–H groups in total. The van der Waals surface area contributed by atoms with Gasteiger partial charge in [0.25, 0.3) is 0 Å². The van der Waals surface area contributed by atoms with E-state index in [4.69, 9.17) is 17.0 Å². The molecule has 86 valence electrons. The number of halogens is 1. The highest BCUT2D eigenvalue weighted by molar-refractivity contribution is 7.15. The van der Waals surface area contributed by atoms with Crippen LogP contribution in [-0.4, -0.2) is 6.54 Å². The zero-order valence-corrected chi connectivity index (χ0v) is 10.7. The van der Waals surface area contributed by atoms with E-state index in [0.717, 1.165) is 18.5 Å². The molecule has 2 rings (SSSR count). The Morgan fingerprint density at radius 2 is 1.94 bits per heavy atom. The third-order valence-electron chi connectivity index (χ3n) is 2.43. The van der Waals surface area contributed by atoms with E-state index in [2.05, 4.69) is 23.0 Å². The predicted octanol–water partition coefficient (Wildman–Crippen LogP) is 3.57. The average Bonchev–Trinajstić information content (AvgIpc) is 2.85. The molecule has 0 aliphatic rings. The van der Waals surface area contributed by atoms with E-state index in [1.54, 1.807) is 11.3 Å². The molecule has 0 atom stereocenters. The third kappa shape index (κ3) is 3.07. The first-order chi connectivity index (χ1) is 8.33. The molecule has 0 radical (unpaired) electrons. The topological polar surface area (TPSA) is 35.8 Å². The van der Waals surface area contributed by atoms with Gasteiger partial charge in [-0.05, 0) is 48.0 Å². The first-order valence-electron chi connectivity index (χ1n) is 5.26. The van der Waals surface area contributed by atoms with E-state index in [1.807, 2.05) is 24.3 Å². The monoisotopic (exact) mass is 262 g/mol. The molecule has 0 bridgehead atoms. The first kappa shape index (κ1) is 12.1. The zero-order valence-electron chi connectivity index (χ0n) is 9.11. The van der Waals surface area contributed by atoms with Crippen molar-refractivity contribution in [2.45, 2.75) is 6.42 Å². The summed E-state index contributed by atoms with van der Waals surface area (Å²) in [6, 6.07) is 14.0. The van der Waals surface area contributed by atoms with Crippen LogP contribution in [0.2, 0.25) is 0 Å². The van der Waals surface area contributed by atoms with Crippen molar-refractivity contribution in [3.05, 3.63) is 46.8 Å². The molecule has 1 heterocycles. The fourth-order valence-electron chi connectivity index (χ4n) is 1.55. The number of nitrogens with one attached hydrogen (secondary N) is 1. The molecule has 1 aromatic carbocycles. The van der Waals surface area contributed by atoms with E-state index in [0.29, 0.717) is 5.56 Å². The molecule has 17 heavy (non-hydrogen) atoms. The molecular formula is C13H11ClN2S. The summed E-state index contributed by atoms with van der Waals surface area (Å²) in [4.78, 5) is 5.15. The molecule has 0 amide bonds. The second kappa shape index (κ2) is 5.83. The summed E-state index contributed by atoms with van der Waals surface area (Å²) in [6.45, 7) is 0.773. The van der Waals surface area contributed by atoms with Gasteiger partial charge >= 0.3 is 0 Å². The Labute approximate surface area is 110 Å². The van der Waals surface area contributed by atoms with Gasteiger partial charge in [0, 0.05) is 16.3 Å². The lowest BCUT2D eigenvalue weighted by molar-refractivity contribution is 0.913. The maximum absolute atomic E-state index is 8.73. The lowest BCUT2D eigenvalue weighted by atomic mass is 10.1. The SMILES string of the molecule is N#Cc1ccc(-c2ccc(CCNCl)s2)cc1. The Bertz CT molecular complexity index is 525. The van der Waals surface area contributed by atoms with E-state index >= 15 is 0 Å². The van der Waals surface area contributed by atoms with Crippen LogP contribution < -0.4 is 4.84 Å². The Kier molecular flexibility index (Phi) is 4.16. The Hall–Kier alpha value is -1.34. The zero-order chi connectivity index (χ0) is 12.1. The number of benzene rings is 1.